The van der Waals surface area contributed by atoms with Crippen LogP contribution in [0.3, 0.4) is 0 Å². The first-order valence-electron chi connectivity index (χ1n) is 42.3. The Balaban J connectivity index is 0.000000557. The molecule has 2 amide bonds. The van der Waals surface area contributed by atoms with Crippen molar-refractivity contribution in [3.8, 4) is 114 Å². The van der Waals surface area contributed by atoms with E-state index in [1.807, 2.05) is 151 Å². The number of cyclic esters (lactones) is 1. The first kappa shape index (κ1) is 130. The molecule has 2 aliphatic rings. The number of pyridine rings is 8. The zero-order chi connectivity index (χ0) is 108. The number of aliphatic hydroxyl groups excluding tert-OH is 1. The van der Waals surface area contributed by atoms with Gasteiger partial charge < -0.3 is 44.1 Å². The molecule has 0 bridgehead atoms. The van der Waals surface area contributed by atoms with Gasteiger partial charge in [-0.05, 0) is 354 Å². The van der Waals surface area contributed by atoms with Gasteiger partial charge in [0.1, 0.15) is 69.5 Å². The number of imidazole rings is 3. The number of aromatic nitrogens is 14. The van der Waals surface area contributed by atoms with Crippen LogP contribution in [-0.2, 0) is 46.3 Å². The Kier molecular flexibility index (Phi) is 63.2. The molecule has 0 saturated carbocycles. The van der Waals surface area contributed by atoms with Crippen molar-refractivity contribution >= 4 is 201 Å². The summed E-state index contributed by atoms with van der Waals surface area (Å²) in [5.74, 6) is 26.6. The molecule has 2 aliphatic heterocycles. The maximum Gasteiger partial charge on any atom is 0.355 e. The molecule has 12 atom stereocenters. The van der Waals surface area contributed by atoms with Crippen molar-refractivity contribution in [1.82, 2.24) is 82.2 Å². The van der Waals surface area contributed by atoms with Crippen LogP contribution in [0.25, 0.3) is 17.1 Å². The number of amides is 2. The predicted molar refractivity (Wildman–Crippen MR) is 622 cm³/mol. The standard InChI is InChI=1S/C19H20BrN5O3.C19H18BrN5O2.C12H11N3O3.C11H17BrN2OS.C7H9BrN2.C7H6BrNO.C7H4.C6H2.C5H4.C4H11NOS.H8P6.H5P3/c1-12-10-24(11-21-12)16-7-6-15(25(8-9-26)19(16)28)18(27)22-13(2)14-4-3-5-17(20)23-14;1-12-10-23(11-21-12)15-6-7-16-19(27)24(8-9-25(16)18(15)26)13(2)14-4-3-5-17(20)22-14;1-8-6-14(7-13-8)9-2-3-10-12(17)18-5-4-15(10)11(9)16;1-8(14-16(15)11(2,3)4)9-6-5-7-10(12)13-9;1-5(9)6-3-2-4-7(8)10-6;1-5(10)6-3-2-4-7(8)9-6;1-3-5-7-6-4-2;1-3-5-6-4-2;1-3-5-4-2;1-4(2,3)7(5)6;1-5(2)6(3)4;1-3-2/h3-7,10-11,13,26H,8-9H2,1-2H3,(H,22,27);3-7,10-11,13H,8-9H2,1-2H3;2-3,6-7H,4-5H2,1H3;5-8,14H,1-4H3;2-5H,9H2,1H3;2-4H,1H3;1H,2H3;1-2H;1H,2H3;5H2,1-3H3;1-4H2;3H,1-2H2/t2*13-;;8-,16-;5-;;;;;7-;;/m00.00....0../s1. The van der Waals surface area contributed by atoms with Gasteiger partial charge in [-0.3, -0.25) is 43.0 Å². The summed E-state index contributed by atoms with van der Waals surface area (Å²) >= 11 is 16.4. The average molecular weight is 2470 g/mol. The number of terminal acetylenes is 4. The number of aryl methyl sites for hydroxylation is 3. The van der Waals surface area contributed by atoms with Crippen LogP contribution in [0, 0.1) is 118 Å². The predicted octanol–water partition coefficient (Wildman–Crippen LogP) is 18.3. The summed E-state index contributed by atoms with van der Waals surface area (Å²) in [4.78, 5) is 121. The number of rotatable bonds is 16. The third-order valence-corrected chi connectivity index (χ3v) is 44.3. The molecule has 6 unspecified atom stereocenters. The van der Waals surface area contributed by atoms with Crippen LogP contribution in [0.4, 0.5) is 0 Å². The molecule has 7 N–H and O–H groups in total. The molecular formula is C97H115Br5N19O11P9S2. The minimum atomic E-state index is -1.18. The largest absolute Gasteiger partial charge is 0.459 e. The third kappa shape index (κ3) is 48.2. The second-order valence-corrected chi connectivity index (χ2v) is 62.8. The SMILES string of the molecule is C#CC#CC.C#CC#CC#C.C#CC#CC#CC.CC(=O)c1cccc(Br)n1.CC(C)(C)[S@@](N)=O.C[C@H](N)c1cccc(Br)n1.C[C@H](N[S@@](=O)C(C)(C)C)c1cccc(Br)n1.Cc1cn(-c2ccc(C(=O)N[C@@H](C)c3cccc(Br)n3)n(CCO)c2=O)cn1.Cc1cn(-c2ccc3n(c2=O)CCN([C@@H](C)c2cccc(Br)n2)C3=O)cn1.Cc1cn(-c2ccc3n(c2=O)CCOC3=O)cn1.PP(P)P(P)P.PPP. The van der Waals surface area contributed by atoms with E-state index in [9.17, 15) is 47.1 Å². The van der Waals surface area contributed by atoms with Gasteiger partial charge in [-0.25, -0.2) is 57.8 Å². The van der Waals surface area contributed by atoms with E-state index in [4.69, 9.17) is 41.3 Å². The lowest BCUT2D eigenvalue weighted by atomic mass is 10.1. The Hall–Kier alpha value is -8.80. The van der Waals surface area contributed by atoms with Gasteiger partial charge in [0.15, 0.2) is 5.78 Å². The van der Waals surface area contributed by atoms with E-state index >= 15 is 0 Å². The van der Waals surface area contributed by atoms with Gasteiger partial charge in [0.05, 0.1) is 122 Å². The molecule has 0 spiro atoms. The van der Waals surface area contributed by atoms with Gasteiger partial charge in [0, 0.05) is 51.2 Å². The molecule has 13 heterocycles. The summed E-state index contributed by atoms with van der Waals surface area (Å²) in [6, 6.07) is 37.0. The fraction of sp³-hybridized carbons (Fsp3) is 0.289. The van der Waals surface area contributed by atoms with Gasteiger partial charge in [0.25, 0.3) is 28.5 Å². The van der Waals surface area contributed by atoms with E-state index in [2.05, 4.69) is 254 Å². The summed E-state index contributed by atoms with van der Waals surface area (Å²) in [5.41, 5.74) is 13.2. The van der Waals surface area contributed by atoms with Crippen molar-refractivity contribution in [2.45, 2.75) is 164 Å². The fourth-order valence-corrected chi connectivity index (χ4v) is 13.4. The van der Waals surface area contributed by atoms with E-state index in [0.29, 0.717) is 68.7 Å². The van der Waals surface area contributed by atoms with Crippen molar-refractivity contribution in [3.63, 3.8) is 0 Å². The number of ketones is 1. The average Bonchev–Trinajstić information content (AvgIpc) is 1.23. The van der Waals surface area contributed by atoms with Crippen molar-refractivity contribution in [1.29, 1.82) is 0 Å². The van der Waals surface area contributed by atoms with Crippen molar-refractivity contribution in [2.24, 2.45) is 10.9 Å². The number of carbonyl (C=O) groups is 4. The van der Waals surface area contributed by atoms with Crippen LogP contribution >= 0.6 is 155 Å². The van der Waals surface area contributed by atoms with Gasteiger partial charge >= 0.3 is 5.97 Å². The molecule has 46 heteroatoms. The molecular weight excluding hydrogens is 2350 g/mol. The first-order chi connectivity index (χ1) is 67.5. The smallest absolute Gasteiger partial charge is 0.355 e. The minimum Gasteiger partial charge on any atom is -0.459 e. The lowest BCUT2D eigenvalue weighted by Crippen LogP contribution is -2.46. The van der Waals surface area contributed by atoms with Crippen LogP contribution in [-0.4, -0.2) is 139 Å². The van der Waals surface area contributed by atoms with Crippen molar-refractivity contribution in [2.75, 3.05) is 19.8 Å². The number of carbonyl (C=O) groups excluding carboxylic acids is 4. The molecule has 0 fully saturated rings. The summed E-state index contributed by atoms with van der Waals surface area (Å²) in [5, 5.41) is 17.3. The molecule has 0 saturated heterocycles. The number of nitrogens with one attached hydrogen (secondary N) is 2. The summed E-state index contributed by atoms with van der Waals surface area (Å²) in [6.45, 7) is 31.0. The highest BCUT2D eigenvalue weighted by Crippen LogP contribution is 2.86. The summed E-state index contributed by atoms with van der Waals surface area (Å²) in [7, 11) is 14.9. The molecule has 11 aromatic rings. The van der Waals surface area contributed by atoms with Gasteiger partial charge in [-0.2, -0.15) is 0 Å². The lowest BCUT2D eigenvalue weighted by molar-refractivity contribution is 0.0415. The Morgan fingerprint density at radius 1 is 0.538 bits per heavy atom. The molecule has 11 aromatic heterocycles. The maximum atomic E-state index is 13.0. The molecule has 143 heavy (non-hydrogen) atoms. The Labute approximate surface area is 902 Å². The van der Waals surface area contributed by atoms with Gasteiger partial charge in [-0.1, -0.05) is 50.1 Å². The third-order valence-electron chi connectivity index (χ3n) is 17.8. The monoisotopic (exact) mass is 2460 g/mol. The zero-order valence-electron chi connectivity index (χ0n) is 81.4. The summed E-state index contributed by atoms with van der Waals surface area (Å²) in [6.07, 6.45) is 28.9. The number of halogens is 5. The van der Waals surface area contributed by atoms with Crippen LogP contribution in [0.5, 0.6) is 0 Å². The Bertz CT molecular complexity index is 6770. The number of hydrogen-bond donors (Lipinski definition) is 5. The fourth-order valence-electron chi connectivity index (χ4n) is 10.9. The second-order valence-electron chi connectivity index (χ2n) is 30.8. The topological polar surface area (TPSA) is 395 Å². The zero-order valence-corrected chi connectivity index (χ0v) is 101. The number of nitrogens with zero attached hydrogens (tertiary/aromatic N) is 15. The van der Waals surface area contributed by atoms with Crippen molar-refractivity contribution in [3.05, 3.63) is 282 Å². The minimum absolute atomic E-state index is 0.00657. The second kappa shape index (κ2) is 69.4. The van der Waals surface area contributed by atoms with Gasteiger partial charge in [0.2, 0.25) is 0 Å². The highest BCUT2D eigenvalue weighted by atomic mass is 79.9. The molecule has 0 radical (unpaired) electrons. The van der Waals surface area contributed by atoms with E-state index < -0.39 is 33.8 Å². The summed E-state index contributed by atoms with van der Waals surface area (Å²) < 4.78 is 42.6. The number of esters is 1. The van der Waals surface area contributed by atoms with Gasteiger partial charge in [-0.15, -0.1) is 79.3 Å². The van der Waals surface area contributed by atoms with Crippen LogP contribution in [0.1, 0.15) is 196 Å². The normalized spacial score (nSPS) is 12.1. The van der Waals surface area contributed by atoms with Crippen LogP contribution < -0.4 is 37.6 Å². The lowest BCUT2D eigenvalue weighted by Gasteiger charge is -2.34. The molecule has 30 nitrogen and oxygen atoms in total. The highest BCUT2D eigenvalue weighted by Gasteiger charge is 2.32. The number of fused-ring (bicyclic) bond motifs is 2. The molecule has 756 valence electrons. The Morgan fingerprint density at radius 2 is 0.923 bits per heavy atom. The Morgan fingerprint density at radius 3 is 1.29 bits per heavy atom. The maximum absolute atomic E-state index is 13.0. The van der Waals surface area contributed by atoms with Crippen LogP contribution in [0.2, 0.25) is 0 Å². The van der Waals surface area contributed by atoms with Crippen LogP contribution in [0.15, 0.2) is 202 Å². The number of ether oxygens (including phenoxy) is 1. The van der Waals surface area contributed by atoms with E-state index in [0.717, 1.165) is 55.9 Å². The quantitative estimate of drug-likeness (QED) is 0.0197. The molecule has 0 aliphatic carbocycles. The number of hydrogen-bond acceptors (Lipinski definition) is 20. The number of nitrogens with two attached hydrogens (primary N) is 2. The number of aliphatic hydroxyl groups is 1. The van der Waals surface area contributed by atoms with Crippen molar-refractivity contribution < 1.29 is 37.4 Å². The highest BCUT2D eigenvalue weighted by molar-refractivity contribution is 9.11. The molecule has 0 aromatic carbocycles. The first-order valence-corrected chi connectivity index (χ1v) is 63.1. The number of Topliss-reactive ketones (excluding diaryl/α,β-unsaturated/α-hetero) is 1. The van der Waals surface area contributed by atoms with E-state index in [1.54, 1.807) is 135 Å². The van der Waals surface area contributed by atoms with E-state index in [1.165, 1.54) is 22.4 Å². The van der Waals surface area contributed by atoms with E-state index in [-0.39, 0.29) is 101 Å². The molecule has 13 rings (SSSR count).